The zero-order chi connectivity index (χ0) is 26.5. The van der Waals surface area contributed by atoms with Crippen LogP contribution in [0.15, 0.2) is 57.5 Å². The average molecular weight is 523 g/mol. The van der Waals surface area contributed by atoms with Crippen molar-refractivity contribution in [3.8, 4) is 17.2 Å². The van der Waals surface area contributed by atoms with Crippen molar-refractivity contribution in [2.45, 2.75) is 32.7 Å². The molecule has 7 nitrogen and oxygen atoms in total. The summed E-state index contributed by atoms with van der Waals surface area (Å²) in [5, 5.41) is 0. The van der Waals surface area contributed by atoms with Crippen molar-refractivity contribution in [3.05, 3.63) is 84.3 Å². The molecule has 1 aromatic heterocycles. The standard InChI is InChI=1S/C28H27FN2O5S/c1-28(2)13-18-23(19(32)14-28)24(16-10-20(34-3)25(36-5)21(11-16)35-4)31-26(33)22(37-27(31)30-18)12-15-8-6-7-9-17(15)29/h6-12,24H,13-14H2,1-5H3. The number of nitrogens with zero attached hydrogens (tertiary/aromatic N) is 2. The van der Waals surface area contributed by atoms with E-state index in [1.54, 1.807) is 30.3 Å². The molecule has 9 heteroatoms. The number of ketones is 1. The summed E-state index contributed by atoms with van der Waals surface area (Å²) in [6.07, 6.45) is 2.46. The van der Waals surface area contributed by atoms with Gasteiger partial charge < -0.3 is 14.2 Å². The maximum absolute atomic E-state index is 14.4. The molecule has 2 aliphatic rings. The summed E-state index contributed by atoms with van der Waals surface area (Å²) >= 11 is 1.18. The third-order valence-electron chi connectivity index (χ3n) is 6.69. The van der Waals surface area contributed by atoms with Crippen molar-refractivity contribution in [2.24, 2.45) is 10.4 Å². The molecule has 5 rings (SSSR count). The lowest BCUT2D eigenvalue weighted by Gasteiger charge is -2.35. The molecule has 0 radical (unpaired) electrons. The molecule has 0 spiro atoms. The molecule has 0 saturated heterocycles. The van der Waals surface area contributed by atoms with E-state index in [4.69, 9.17) is 19.2 Å². The first-order valence-corrected chi connectivity index (χ1v) is 12.6. The lowest BCUT2D eigenvalue weighted by Crippen LogP contribution is -2.42. The van der Waals surface area contributed by atoms with Crippen LogP contribution in [0.1, 0.15) is 43.9 Å². The average Bonchev–Trinajstić information content (AvgIpc) is 3.16. The second-order valence-electron chi connectivity index (χ2n) is 9.86. The molecule has 37 heavy (non-hydrogen) atoms. The number of rotatable bonds is 5. The van der Waals surface area contributed by atoms with Crippen LogP contribution >= 0.6 is 11.3 Å². The Morgan fingerprint density at radius 2 is 1.73 bits per heavy atom. The first-order chi connectivity index (χ1) is 17.7. The smallest absolute Gasteiger partial charge is 0.271 e. The van der Waals surface area contributed by atoms with E-state index in [1.807, 2.05) is 13.8 Å². The van der Waals surface area contributed by atoms with Crippen LogP contribution in [0.5, 0.6) is 17.2 Å². The fourth-order valence-electron chi connectivity index (χ4n) is 5.06. The molecule has 0 fully saturated rings. The lowest BCUT2D eigenvalue weighted by atomic mass is 9.73. The van der Waals surface area contributed by atoms with Crippen LogP contribution in [0.4, 0.5) is 4.39 Å². The van der Waals surface area contributed by atoms with Crippen molar-refractivity contribution in [1.29, 1.82) is 0 Å². The number of methoxy groups -OCH3 is 3. The molecule has 3 aromatic rings. The number of halogens is 1. The summed E-state index contributed by atoms with van der Waals surface area (Å²) in [6.45, 7) is 4.07. The second-order valence-corrected chi connectivity index (χ2v) is 10.9. The van der Waals surface area contributed by atoms with Gasteiger partial charge in [-0.05, 0) is 41.7 Å². The highest BCUT2D eigenvalue weighted by Gasteiger charge is 2.41. The molecule has 0 bridgehead atoms. The Hall–Kier alpha value is -3.72. The zero-order valence-corrected chi connectivity index (χ0v) is 22.1. The van der Waals surface area contributed by atoms with Crippen molar-refractivity contribution in [3.63, 3.8) is 0 Å². The van der Waals surface area contributed by atoms with Gasteiger partial charge in [0.15, 0.2) is 22.1 Å². The van der Waals surface area contributed by atoms with Gasteiger partial charge in [0.1, 0.15) is 5.82 Å². The van der Waals surface area contributed by atoms with Crippen LogP contribution in [-0.2, 0) is 4.79 Å². The summed E-state index contributed by atoms with van der Waals surface area (Å²) in [7, 11) is 4.54. The highest BCUT2D eigenvalue weighted by molar-refractivity contribution is 7.07. The number of ether oxygens (including phenoxy) is 3. The minimum Gasteiger partial charge on any atom is -0.493 e. The number of aromatic nitrogens is 1. The zero-order valence-electron chi connectivity index (χ0n) is 21.3. The number of carbonyl (C=O) groups is 1. The number of fused-ring (bicyclic) bond motifs is 1. The van der Waals surface area contributed by atoms with Crippen LogP contribution in [0.2, 0.25) is 0 Å². The number of carbonyl (C=O) groups excluding carboxylic acids is 1. The monoisotopic (exact) mass is 522 g/mol. The van der Waals surface area contributed by atoms with Crippen molar-refractivity contribution >= 4 is 23.2 Å². The molecule has 2 aromatic carbocycles. The van der Waals surface area contributed by atoms with E-state index in [0.29, 0.717) is 61.8 Å². The molecule has 2 heterocycles. The largest absolute Gasteiger partial charge is 0.493 e. The Labute approximate surface area is 217 Å². The SMILES string of the molecule is COc1cc(C2C3=C(CC(C)(C)CC3=O)N=c3sc(=Cc4ccccc4F)c(=O)n32)cc(OC)c1OC. The van der Waals surface area contributed by atoms with Gasteiger partial charge in [0.25, 0.3) is 5.56 Å². The third kappa shape index (κ3) is 4.27. The Morgan fingerprint density at radius 3 is 2.35 bits per heavy atom. The maximum Gasteiger partial charge on any atom is 0.271 e. The number of hydrogen-bond donors (Lipinski definition) is 0. The second kappa shape index (κ2) is 9.30. The molecule has 1 atom stereocenters. The highest BCUT2D eigenvalue weighted by Crippen LogP contribution is 2.46. The number of hydrogen-bond acceptors (Lipinski definition) is 7. The van der Waals surface area contributed by atoms with Gasteiger partial charge in [-0.3, -0.25) is 14.2 Å². The molecule has 1 aliphatic heterocycles. The van der Waals surface area contributed by atoms with E-state index in [9.17, 15) is 14.0 Å². The molecular weight excluding hydrogens is 495 g/mol. The van der Waals surface area contributed by atoms with E-state index >= 15 is 0 Å². The summed E-state index contributed by atoms with van der Waals surface area (Å²) in [6, 6.07) is 9.03. The lowest BCUT2D eigenvalue weighted by molar-refractivity contribution is -0.118. The van der Waals surface area contributed by atoms with Crippen molar-refractivity contribution in [2.75, 3.05) is 21.3 Å². The Kier molecular flexibility index (Phi) is 6.27. The minimum atomic E-state index is -0.744. The fraction of sp³-hybridized carbons (Fsp3) is 0.321. The van der Waals surface area contributed by atoms with Gasteiger partial charge >= 0.3 is 0 Å². The molecular formula is C28H27FN2O5S. The van der Waals surface area contributed by atoms with Crippen LogP contribution in [-0.4, -0.2) is 31.7 Å². The topological polar surface area (TPSA) is 79.1 Å². The van der Waals surface area contributed by atoms with Gasteiger partial charge in [-0.15, -0.1) is 0 Å². The van der Waals surface area contributed by atoms with Gasteiger partial charge in [-0.25, -0.2) is 9.38 Å². The Bertz CT molecular complexity index is 1610. The van der Waals surface area contributed by atoms with Crippen LogP contribution in [0.25, 0.3) is 6.08 Å². The molecule has 1 aliphatic carbocycles. The Morgan fingerprint density at radius 1 is 1.05 bits per heavy atom. The van der Waals surface area contributed by atoms with E-state index in [2.05, 4.69) is 0 Å². The van der Waals surface area contributed by atoms with E-state index < -0.39 is 11.9 Å². The summed E-state index contributed by atoms with van der Waals surface area (Å²) in [4.78, 5) is 32.6. The van der Waals surface area contributed by atoms with Gasteiger partial charge in [0.05, 0.1) is 37.6 Å². The molecule has 1 unspecified atom stereocenters. The third-order valence-corrected chi connectivity index (χ3v) is 7.67. The molecule has 0 amide bonds. The number of benzene rings is 2. The normalized spacial score (nSPS) is 18.7. The molecule has 192 valence electrons. The van der Waals surface area contributed by atoms with E-state index in [-0.39, 0.29) is 16.8 Å². The number of thiazole rings is 1. The van der Waals surface area contributed by atoms with Gasteiger partial charge in [0, 0.05) is 17.6 Å². The maximum atomic E-state index is 14.4. The van der Waals surface area contributed by atoms with Crippen LogP contribution in [0, 0.1) is 11.2 Å². The summed E-state index contributed by atoms with van der Waals surface area (Å²) < 4.78 is 32.8. The summed E-state index contributed by atoms with van der Waals surface area (Å²) in [5.74, 6) is 0.745. The number of Topliss-reactive ketones (excluding diaryl/α,β-unsaturated/α-hetero) is 1. The van der Waals surface area contributed by atoms with E-state index in [0.717, 1.165) is 0 Å². The van der Waals surface area contributed by atoms with Gasteiger partial charge in [0.2, 0.25) is 5.75 Å². The predicted molar refractivity (Wildman–Crippen MR) is 139 cm³/mol. The predicted octanol–water partition coefficient (Wildman–Crippen LogP) is 3.77. The van der Waals surface area contributed by atoms with Gasteiger partial charge in [-0.1, -0.05) is 43.4 Å². The van der Waals surface area contributed by atoms with Crippen molar-refractivity contribution < 1.29 is 23.4 Å². The van der Waals surface area contributed by atoms with Gasteiger partial charge in [-0.2, -0.15) is 0 Å². The first-order valence-electron chi connectivity index (χ1n) is 11.8. The number of allylic oxidation sites excluding steroid dienone is 2. The Balaban J connectivity index is 1.82. The highest BCUT2D eigenvalue weighted by atomic mass is 32.1. The fourth-order valence-corrected chi connectivity index (χ4v) is 6.07. The molecule has 0 saturated carbocycles. The summed E-state index contributed by atoms with van der Waals surface area (Å²) in [5.41, 5.74) is 1.47. The van der Waals surface area contributed by atoms with Crippen molar-refractivity contribution in [1.82, 2.24) is 4.57 Å². The van der Waals surface area contributed by atoms with Crippen LogP contribution in [0.3, 0.4) is 0 Å². The van der Waals surface area contributed by atoms with E-state index in [1.165, 1.54) is 49.4 Å². The first kappa shape index (κ1) is 25.0. The molecule has 0 N–H and O–H groups in total. The van der Waals surface area contributed by atoms with Crippen LogP contribution < -0.4 is 29.1 Å². The quantitative estimate of drug-likeness (QED) is 0.510. The minimum absolute atomic E-state index is 0.0582.